The van der Waals surface area contributed by atoms with E-state index in [1.165, 1.54) is 41.4 Å². The van der Waals surface area contributed by atoms with Crippen molar-refractivity contribution in [2.24, 2.45) is 0 Å². The second-order valence-electron chi connectivity index (χ2n) is 6.58. The Morgan fingerprint density at radius 3 is 2.35 bits per heavy atom. The molecule has 3 rings (SSSR count). The molecule has 1 aliphatic heterocycles. The van der Waals surface area contributed by atoms with E-state index in [-0.39, 0.29) is 17.0 Å². The van der Waals surface area contributed by atoms with Crippen molar-refractivity contribution < 1.29 is 8.42 Å². The number of rotatable bonds is 5. The zero-order valence-corrected chi connectivity index (χ0v) is 15.7. The van der Waals surface area contributed by atoms with Gasteiger partial charge in [0.05, 0.1) is 10.5 Å². The first kappa shape index (κ1) is 18.4. The molecule has 0 N–H and O–H groups in total. The minimum atomic E-state index is -3.71. The lowest BCUT2D eigenvalue weighted by Gasteiger charge is -2.29. The summed E-state index contributed by atoms with van der Waals surface area (Å²) in [5, 5.41) is 9.17. The summed E-state index contributed by atoms with van der Waals surface area (Å²) in [6.07, 6.45) is 3.74. The first-order valence-electron chi connectivity index (χ1n) is 8.82. The molecule has 0 amide bonds. The van der Waals surface area contributed by atoms with Gasteiger partial charge in [0.1, 0.15) is 6.07 Å². The molecular weight excluding hydrogens is 346 g/mol. The van der Waals surface area contributed by atoms with Gasteiger partial charge in [0, 0.05) is 32.4 Å². The summed E-state index contributed by atoms with van der Waals surface area (Å²) >= 11 is 0. The third-order valence-corrected chi connectivity index (χ3v) is 6.62. The van der Waals surface area contributed by atoms with Gasteiger partial charge < -0.3 is 4.90 Å². The van der Waals surface area contributed by atoms with Crippen LogP contribution >= 0.6 is 0 Å². The van der Waals surface area contributed by atoms with Crippen LogP contribution in [0.25, 0.3) is 0 Å². The maximum atomic E-state index is 12.8. The molecular formula is C20H23N3O2S. The minimum absolute atomic E-state index is 0.0509. The predicted molar refractivity (Wildman–Crippen MR) is 102 cm³/mol. The highest BCUT2D eigenvalue weighted by Gasteiger charge is 2.24. The Morgan fingerprint density at radius 2 is 1.69 bits per heavy atom. The van der Waals surface area contributed by atoms with Crippen LogP contribution < -0.4 is 4.90 Å². The molecule has 0 aromatic heterocycles. The average Bonchev–Trinajstić information content (AvgIpc) is 2.69. The van der Waals surface area contributed by atoms with Gasteiger partial charge in [-0.05, 0) is 49.1 Å². The Labute approximate surface area is 155 Å². The van der Waals surface area contributed by atoms with Gasteiger partial charge in [-0.3, -0.25) is 0 Å². The molecule has 6 heteroatoms. The molecule has 1 saturated heterocycles. The fraction of sp³-hybridized carbons (Fsp3) is 0.350. The van der Waals surface area contributed by atoms with Crippen molar-refractivity contribution in [2.45, 2.75) is 30.7 Å². The van der Waals surface area contributed by atoms with Crippen LogP contribution in [0.5, 0.6) is 0 Å². The number of sulfonamides is 1. The standard InChI is InChI=1S/C20H23N3O2S/c1-22(26(24,25)20-8-4-3-7-18(20)15-21)16-17-9-11-19(12-10-17)23-13-5-2-6-14-23/h3-4,7-12H,2,5-6,13-14,16H2,1H3. The molecule has 0 saturated carbocycles. The van der Waals surface area contributed by atoms with Gasteiger partial charge in [0.2, 0.25) is 10.0 Å². The van der Waals surface area contributed by atoms with Crippen molar-refractivity contribution in [3.05, 3.63) is 59.7 Å². The fourth-order valence-electron chi connectivity index (χ4n) is 3.26. The van der Waals surface area contributed by atoms with E-state index in [1.54, 1.807) is 19.2 Å². The zero-order chi connectivity index (χ0) is 18.6. The molecule has 0 bridgehead atoms. The van der Waals surface area contributed by atoms with Gasteiger partial charge in [0.25, 0.3) is 0 Å². The summed E-state index contributed by atoms with van der Waals surface area (Å²) in [7, 11) is -2.17. The quantitative estimate of drug-likeness (QED) is 0.810. The van der Waals surface area contributed by atoms with Crippen molar-refractivity contribution in [3.8, 4) is 6.07 Å². The maximum Gasteiger partial charge on any atom is 0.244 e. The molecule has 1 heterocycles. The number of benzene rings is 2. The Kier molecular flexibility index (Phi) is 5.60. The van der Waals surface area contributed by atoms with E-state index in [0.29, 0.717) is 0 Å². The summed E-state index contributed by atoms with van der Waals surface area (Å²) in [6, 6.07) is 16.3. The van der Waals surface area contributed by atoms with Crippen LogP contribution in [0, 0.1) is 11.3 Å². The lowest BCUT2D eigenvalue weighted by Crippen LogP contribution is -2.29. The Morgan fingerprint density at radius 1 is 1.04 bits per heavy atom. The number of piperidine rings is 1. The van der Waals surface area contributed by atoms with E-state index in [0.717, 1.165) is 18.7 Å². The third-order valence-electron chi connectivity index (χ3n) is 4.76. The van der Waals surface area contributed by atoms with E-state index < -0.39 is 10.0 Å². The first-order valence-corrected chi connectivity index (χ1v) is 10.3. The number of hydrogen-bond donors (Lipinski definition) is 0. The van der Waals surface area contributed by atoms with E-state index in [4.69, 9.17) is 0 Å². The minimum Gasteiger partial charge on any atom is -0.372 e. The molecule has 1 aliphatic rings. The summed E-state index contributed by atoms with van der Waals surface area (Å²) in [5.41, 5.74) is 2.28. The first-order chi connectivity index (χ1) is 12.5. The normalized spacial score (nSPS) is 15.0. The predicted octanol–water partition coefficient (Wildman–Crippen LogP) is 3.37. The second kappa shape index (κ2) is 7.90. The van der Waals surface area contributed by atoms with Crippen molar-refractivity contribution in [3.63, 3.8) is 0 Å². The van der Waals surface area contributed by atoms with Crippen molar-refractivity contribution in [1.82, 2.24) is 4.31 Å². The second-order valence-corrected chi connectivity index (χ2v) is 8.60. The summed E-state index contributed by atoms with van der Waals surface area (Å²) in [4.78, 5) is 2.42. The molecule has 26 heavy (non-hydrogen) atoms. The Hall–Kier alpha value is -2.36. The largest absolute Gasteiger partial charge is 0.372 e. The number of hydrogen-bond acceptors (Lipinski definition) is 4. The highest BCUT2D eigenvalue weighted by atomic mass is 32.2. The van der Waals surface area contributed by atoms with Crippen LogP contribution in [0.2, 0.25) is 0 Å². The van der Waals surface area contributed by atoms with Gasteiger partial charge in [-0.25, -0.2) is 8.42 Å². The van der Waals surface area contributed by atoms with Crippen molar-refractivity contribution >= 4 is 15.7 Å². The van der Waals surface area contributed by atoms with E-state index in [1.807, 2.05) is 18.2 Å². The molecule has 0 spiro atoms. The number of anilines is 1. The zero-order valence-electron chi connectivity index (χ0n) is 14.9. The SMILES string of the molecule is CN(Cc1ccc(N2CCCCC2)cc1)S(=O)(=O)c1ccccc1C#N. The van der Waals surface area contributed by atoms with Crippen LogP contribution in [0.4, 0.5) is 5.69 Å². The molecule has 2 aromatic rings. The van der Waals surface area contributed by atoms with Gasteiger partial charge in [-0.2, -0.15) is 9.57 Å². The third kappa shape index (κ3) is 3.90. The van der Waals surface area contributed by atoms with Crippen LogP contribution in [-0.2, 0) is 16.6 Å². The number of nitrogens with zero attached hydrogens (tertiary/aromatic N) is 3. The Balaban J connectivity index is 1.75. The lowest BCUT2D eigenvalue weighted by atomic mass is 10.1. The fourth-order valence-corrected chi connectivity index (χ4v) is 4.56. The molecule has 0 radical (unpaired) electrons. The van der Waals surface area contributed by atoms with Crippen LogP contribution in [0.3, 0.4) is 0 Å². The molecule has 136 valence electrons. The Bertz CT molecular complexity index is 895. The topological polar surface area (TPSA) is 64.4 Å². The monoisotopic (exact) mass is 369 g/mol. The summed E-state index contributed by atoms with van der Waals surface area (Å²) in [5.74, 6) is 0. The maximum absolute atomic E-state index is 12.8. The average molecular weight is 369 g/mol. The molecule has 0 atom stereocenters. The van der Waals surface area contributed by atoms with Gasteiger partial charge >= 0.3 is 0 Å². The highest BCUT2D eigenvalue weighted by molar-refractivity contribution is 7.89. The van der Waals surface area contributed by atoms with Crippen molar-refractivity contribution in [2.75, 3.05) is 25.0 Å². The highest BCUT2D eigenvalue weighted by Crippen LogP contribution is 2.23. The van der Waals surface area contributed by atoms with E-state index in [9.17, 15) is 13.7 Å². The molecule has 0 unspecified atom stereocenters. The smallest absolute Gasteiger partial charge is 0.244 e. The summed E-state index contributed by atoms with van der Waals surface area (Å²) < 4.78 is 26.9. The number of nitriles is 1. The van der Waals surface area contributed by atoms with Crippen LogP contribution in [-0.4, -0.2) is 32.9 Å². The van der Waals surface area contributed by atoms with Crippen LogP contribution in [0.15, 0.2) is 53.4 Å². The molecule has 0 aliphatic carbocycles. The van der Waals surface area contributed by atoms with Gasteiger partial charge in [-0.1, -0.05) is 24.3 Å². The lowest BCUT2D eigenvalue weighted by molar-refractivity contribution is 0.466. The van der Waals surface area contributed by atoms with Gasteiger partial charge in [0.15, 0.2) is 0 Å². The molecule has 5 nitrogen and oxygen atoms in total. The van der Waals surface area contributed by atoms with Crippen LogP contribution in [0.1, 0.15) is 30.4 Å². The molecule has 2 aromatic carbocycles. The summed E-state index contributed by atoms with van der Waals surface area (Å²) in [6.45, 7) is 2.43. The van der Waals surface area contributed by atoms with E-state index >= 15 is 0 Å². The van der Waals surface area contributed by atoms with Gasteiger partial charge in [-0.15, -0.1) is 0 Å². The molecule has 1 fully saturated rings. The van der Waals surface area contributed by atoms with Crippen molar-refractivity contribution in [1.29, 1.82) is 5.26 Å². The van der Waals surface area contributed by atoms with E-state index in [2.05, 4.69) is 17.0 Å².